The first kappa shape index (κ1) is 10.6. The fourth-order valence-corrected chi connectivity index (χ4v) is 1.61. The second kappa shape index (κ2) is 4.75. The Balaban J connectivity index is 1.92. The van der Waals surface area contributed by atoms with Gasteiger partial charge in [0.2, 0.25) is 0 Å². The van der Waals surface area contributed by atoms with Crippen LogP contribution in [-0.4, -0.2) is 6.54 Å². The van der Waals surface area contributed by atoms with Crippen molar-refractivity contribution in [3.8, 4) is 0 Å². The van der Waals surface area contributed by atoms with Gasteiger partial charge in [0.1, 0.15) is 5.76 Å². The summed E-state index contributed by atoms with van der Waals surface area (Å²) in [5.41, 5.74) is 8.87. The Morgan fingerprint density at radius 3 is 2.88 bits per heavy atom. The number of para-hydroxylation sites is 1. The van der Waals surface area contributed by atoms with E-state index >= 15 is 0 Å². The maximum Gasteiger partial charge on any atom is 0.105 e. The lowest BCUT2D eigenvalue weighted by Gasteiger charge is -2.10. The van der Waals surface area contributed by atoms with E-state index in [2.05, 4.69) is 5.32 Å². The second-order valence-electron chi connectivity index (χ2n) is 3.79. The minimum atomic E-state index is 0.821. The van der Waals surface area contributed by atoms with Gasteiger partial charge in [0.15, 0.2) is 0 Å². The van der Waals surface area contributed by atoms with Gasteiger partial charge in [-0.3, -0.25) is 0 Å². The van der Waals surface area contributed by atoms with E-state index in [1.165, 1.54) is 0 Å². The Labute approximate surface area is 95.3 Å². The monoisotopic (exact) mass is 216 g/mol. The lowest BCUT2D eigenvalue weighted by Crippen LogP contribution is -2.07. The van der Waals surface area contributed by atoms with Gasteiger partial charge in [-0.15, -0.1) is 0 Å². The first-order valence-electron chi connectivity index (χ1n) is 5.38. The van der Waals surface area contributed by atoms with Crippen molar-refractivity contribution in [2.45, 2.75) is 13.3 Å². The van der Waals surface area contributed by atoms with E-state index in [4.69, 9.17) is 10.2 Å². The van der Waals surface area contributed by atoms with Gasteiger partial charge in [0.25, 0.3) is 0 Å². The van der Waals surface area contributed by atoms with Gasteiger partial charge in [-0.2, -0.15) is 0 Å². The fraction of sp³-hybridized carbons (Fsp3) is 0.231. The van der Waals surface area contributed by atoms with Crippen LogP contribution in [0.15, 0.2) is 41.0 Å². The summed E-state index contributed by atoms with van der Waals surface area (Å²) < 4.78 is 5.25. The van der Waals surface area contributed by atoms with Crippen LogP contribution in [0.3, 0.4) is 0 Å². The van der Waals surface area contributed by atoms with Crippen molar-refractivity contribution in [2.75, 3.05) is 17.6 Å². The molecule has 3 heteroatoms. The van der Waals surface area contributed by atoms with Crippen LogP contribution >= 0.6 is 0 Å². The van der Waals surface area contributed by atoms with E-state index in [-0.39, 0.29) is 0 Å². The van der Waals surface area contributed by atoms with Crippen molar-refractivity contribution in [1.82, 2.24) is 0 Å². The summed E-state index contributed by atoms with van der Waals surface area (Å²) in [5, 5.41) is 3.31. The molecular formula is C13H16N2O. The van der Waals surface area contributed by atoms with Crippen LogP contribution in [-0.2, 0) is 6.42 Å². The van der Waals surface area contributed by atoms with Crippen molar-refractivity contribution >= 4 is 11.4 Å². The van der Waals surface area contributed by atoms with Crippen LogP contribution in [0.4, 0.5) is 11.4 Å². The largest absolute Gasteiger partial charge is 0.469 e. The molecule has 0 saturated carbocycles. The van der Waals surface area contributed by atoms with Gasteiger partial charge >= 0.3 is 0 Å². The van der Waals surface area contributed by atoms with Crippen LogP contribution in [0.25, 0.3) is 0 Å². The highest BCUT2D eigenvalue weighted by molar-refractivity contribution is 5.69. The van der Waals surface area contributed by atoms with E-state index in [0.717, 1.165) is 35.7 Å². The number of benzene rings is 1. The summed E-state index contributed by atoms with van der Waals surface area (Å²) in [6.07, 6.45) is 2.55. The molecule has 0 radical (unpaired) electrons. The average molecular weight is 216 g/mol. The molecule has 16 heavy (non-hydrogen) atoms. The first-order chi connectivity index (χ1) is 7.77. The number of furan rings is 1. The summed E-state index contributed by atoms with van der Waals surface area (Å²) in [6.45, 7) is 2.83. The van der Waals surface area contributed by atoms with Crippen LogP contribution in [0.2, 0.25) is 0 Å². The molecule has 1 aromatic heterocycles. The fourth-order valence-electron chi connectivity index (χ4n) is 1.61. The maximum absolute atomic E-state index is 5.96. The van der Waals surface area contributed by atoms with Crippen LogP contribution in [0.5, 0.6) is 0 Å². The molecule has 2 aromatic rings. The molecule has 3 nitrogen and oxygen atoms in total. The highest BCUT2D eigenvalue weighted by atomic mass is 16.3. The molecule has 0 unspecified atom stereocenters. The highest BCUT2D eigenvalue weighted by Gasteiger charge is 2.01. The molecule has 1 aromatic carbocycles. The summed E-state index contributed by atoms with van der Waals surface area (Å²) in [6, 6.07) is 9.87. The number of nitrogens with two attached hydrogens (primary N) is 1. The topological polar surface area (TPSA) is 51.2 Å². The maximum atomic E-state index is 5.96. The molecular weight excluding hydrogens is 200 g/mol. The zero-order valence-electron chi connectivity index (χ0n) is 9.36. The first-order valence-corrected chi connectivity index (χ1v) is 5.38. The van der Waals surface area contributed by atoms with Crippen LogP contribution in [0.1, 0.15) is 11.3 Å². The molecule has 0 saturated heterocycles. The van der Waals surface area contributed by atoms with Gasteiger partial charge in [0.05, 0.1) is 17.6 Å². The lowest BCUT2D eigenvalue weighted by atomic mass is 10.1. The molecule has 0 aliphatic heterocycles. The molecule has 0 fully saturated rings. The summed E-state index contributed by atoms with van der Waals surface area (Å²) in [7, 11) is 0. The molecule has 84 valence electrons. The van der Waals surface area contributed by atoms with E-state index in [0.29, 0.717) is 0 Å². The molecule has 1 heterocycles. The number of aryl methyl sites for hydroxylation is 1. The van der Waals surface area contributed by atoms with E-state index in [1.807, 2.05) is 37.3 Å². The second-order valence-corrected chi connectivity index (χ2v) is 3.79. The minimum absolute atomic E-state index is 0.821. The normalized spacial score (nSPS) is 10.3. The molecule has 0 atom stereocenters. The van der Waals surface area contributed by atoms with Crippen molar-refractivity contribution in [3.63, 3.8) is 0 Å². The standard InChI is InChI=1S/C13H16N2O/c1-10-4-2-6-12(13(10)14)15-8-7-11-5-3-9-16-11/h2-6,9,15H,7-8,14H2,1H3. The molecule has 0 aliphatic rings. The Bertz CT molecular complexity index is 449. The van der Waals surface area contributed by atoms with Gasteiger partial charge < -0.3 is 15.5 Å². The van der Waals surface area contributed by atoms with Gasteiger partial charge in [-0.1, -0.05) is 12.1 Å². The Hall–Kier alpha value is -1.90. The number of hydrogen-bond acceptors (Lipinski definition) is 3. The van der Waals surface area contributed by atoms with E-state index in [9.17, 15) is 0 Å². The number of anilines is 2. The summed E-state index contributed by atoms with van der Waals surface area (Å²) in [5.74, 6) is 0.985. The van der Waals surface area contributed by atoms with E-state index < -0.39 is 0 Å². The van der Waals surface area contributed by atoms with Crippen LogP contribution < -0.4 is 11.1 Å². The Morgan fingerprint density at radius 2 is 2.12 bits per heavy atom. The summed E-state index contributed by atoms with van der Waals surface area (Å²) >= 11 is 0. The predicted molar refractivity (Wildman–Crippen MR) is 66.5 cm³/mol. The number of rotatable bonds is 4. The molecule has 2 rings (SSSR count). The molecule has 0 bridgehead atoms. The lowest BCUT2D eigenvalue weighted by molar-refractivity contribution is 0.513. The Kier molecular flexibility index (Phi) is 3.15. The van der Waals surface area contributed by atoms with Crippen molar-refractivity contribution in [1.29, 1.82) is 0 Å². The average Bonchev–Trinajstić information content (AvgIpc) is 2.77. The third-order valence-corrected chi connectivity index (χ3v) is 2.59. The number of hydrogen-bond donors (Lipinski definition) is 2. The van der Waals surface area contributed by atoms with Gasteiger partial charge in [-0.25, -0.2) is 0 Å². The molecule has 0 aliphatic carbocycles. The number of nitrogens with one attached hydrogen (secondary N) is 1. The molecule has 0 amide bonds. The van der Waals surface area contributed by atoms with Crippen molar-refractivity contribution in [3.05, 3.63) is 47.9 Å². The third kappa shape index (κ3) is 2.37. The zero-order valence-corrected chi connectivity index (χ0v) is 9.36. The zero-order chi connectivity index (χ0) is 11.4. The Morgan fingerprint density at radius 1 is 1.25 bits per heavy atom. The third-order valence-electron chi connectivity index (χ3n) is 2.59. The van der Waals surface area contributed by atoms with Gasteiger partial charge in [-0.05, 0) is 30.7 Å². The quantitative estimate of drug-likeness (QED) is 0.773. The predicted octanol–water partition coefficient (Wildman–Crippen LogP) is 2.82. The molecule has 3 N–H and O–H groups in total. The summed E-state index contributed by atoms with van der Waals surface area (Å²) in [4.78, 5) is 0. The smallest absolute Gasteiger partial charge is 0.105 e. The molecule has 0 spiro atoms. The van der Waals surface area contributed by atoms with E-state index in [1.54, 1.807) is 6.26 Å². The highest BCUT2D eigenvalue weighted by Crippen LogP contribution is 2.21. The van der Waals surface area contributed by atoms with Gasteiger partial charge in [0, 0.05) is 13.0 Å². The minimum Gasteiger partial charge on any atom is -0.469 e. The number of nitrogen functional groups attached to an aromatic ring is 1. The van der Waals surface area contributed by atoms with Crippen molar-refractivity contribution < 1.29 is 4.42 Å². The van der Waals surface area contributed by atoms with Crippen molar-refractivity contribution in [2.24, 2.45) is 0 Å². The SMILES string of the molecule is Cc1cccc(NCCc2ccco2)c1N. The van der Waals surface area contributed by atoms with Crippen LogP contribution in [0, 0.1) is 6.92 Å².